The Hall–Kier alpha value is -1.69. The van der Waals surface area contributed by atoms with E-state index in [1.807, 2.05) is 37.3 Å². The SMILES string of the molecule is CN=C(NCCCn1cnc2ccccc21)NCC(C)(C)SC. The Balaban J connectivity index is 1.76. The normalized spacial score (nSPS) is 12.6. The molecule has 0 bridgehead atoms. The number of nitrogens with one attached hydrogen (secondary N) is 2. The molecular formula is C17H27N5S. The van der Waals surface area contributed by atoms with Crippen molar-refractivity contribution in [3.8, 4) is 0 Å². The van der Waals surface area contributed by atoms with Gasteiger partial charge in [-0.05, 0) is 38.7 Å². The Morgan fingerprint density at radius 3 is 2.83 bits per heavy atom. The van der Waals surface area contributed by atoms with Gasteiger partial charge in [0.15, 0.2) is 5.96 Å². The fourth-order valence-electron chi connectivity index (χ4n) is 2.23. The highest BCUT2D eigenvalue weighted by atomic mass is 32.2. The zero-order valence-electron chi connectivity index (χ0n) is 14.5. The van der Waals surface area contributed by atoms with Crippen LogP contribution in [0.3, 0.4) is 0 Å². The van der Waals surface area contributed by atoms with Crippen LogP contribution in [0.25, 0.3) is 11.0 Å². The summed E-state index contributed by atoms with van der Waals surface area (Å²) in [5.74, 6) is 0.864. The molecule has 0 saturated carbocycles. The van der Waals surface area contributed by atoms with Crippen molar-refractivity contribution in [1.29, 1.82) is 0 Å². The fourth-order valence-corrected chi connectivity index (χ4v) is 2.45. The third-order valence-corrected chi connectivity index (χ3v) is 5.10. The molecule has 2 aromatic rings. The number of imidazole rings is 1. The molecule has 0 radical (unpaired) electrons. The van der Waals surface area contributed by atoms with Gasteiger partial charge in [-0.15, -0.1) is 0 Å². The Kier molecular flexibility index (Phi) is 6.33. The Bertz CT molecular complexity index is 647. The Morgan fingerprint density at radius 1 is 1.30 bits per heavy atom. The molecule has 0 fully saturated rings. The standard InChI is InChI=1S/C17H27N5S/c1-17(2,23-4)12-20-16(18-3)19-10-7-11-22-13-21-14-8-5-6-9-15(14)22/h5-6,8-9,13H,7,10-12H2,1-4H3,(H2,18,19,20). The number of fused-ring (bicyclic) bond motifs is 1. The topological polar surface area (TPSA) is 54.2 Å². The van der Waals surface area contributed by atoms with Crippen molar-refractivity contribution in [1.82, 2.24) is 20.2 Å². The summed E-state index contributed by atoms with van der Waals surface area (Å²) < 4.78 is 2.40. The second-order valence-corrected chi connectivity index (χ2v) is 7.61. The van der Waals surface area contributed by atoms with Crippen molar-refractivity contribution in [3.63, 3.8) is 0 Å². The first-order valence-electron chi connectivity index (χ1n) is 7.95. The smallest absolute Gasteiger partial charge is 0.191 e. The molecule has 2 N–H and O–H groups in total. The Labute approximate surface area is 143 Å². The molecule has 23 heavy (non-hydrogen) atoms. The molecule has 0 aliphatic carbocycles. The lowest BCUT2D eigenvalue weighted by Crippen LogP contribution is -2.43. The van der Waals surface area contributed by atoms with E-state index < -0.39 is 0 Å². The van der Waals surface area contributed by atoms with Crippen LogP contribution in [0.1, 0.15) is 20.3 Å². The van der Waals surface area contributed by atoms with Crippen molar-refractivity contribution in [3.05, 3.63) is 30.6 Å². The fraction of sp³-hybridized carbons (Fsp3) is 0.529. The first-order chi connectivity index (χ1) is 11.1. The van der Waals surface area contributed by atoms with Crippen molar-refractivity contribution in [2.24, 2.45) is 4.99 Å². The van der Waals surface area contributed by atoms with E-state index in [4.69, 9.17) is 0 Å². The highest BCUT2D eigenvalue weighted by Gasteiger charge is 2.15. The van der Waals surface area contributed by atoms with Crippen LogP contribution in [0.2, 0.25) is 0 Å². The monoisotopic (exact) mass is 333 g/mol. The summed E-state index contributed by atoms with van der Waals surface area (Å²) in [4.78, 5) is 8.69. The molecule has 1 heterocycles. The van der Waals surface area contributed by atoms with Crippen LogP contribution in [0.5, 0.6) is 0 Å². The first-order valence-corrected chi connectivity index (χ1v) is 9.18. The van der Waals surface area contributed by atoms with Gasteiger partial charge >= 0.3 is 0 Å². The lowest BCUT2D eigenvalue weighted by atomic mass is 10.2. The predicted molar refractivity (Wildman–Crippen MR) is 101 cm³/mol. The highest BCUT2D eigenvalue weighted by Crippen LogP contribution is 2.19. The highest BCUT2D eigenvalue weighted by molar-refractivity contribution is 7.99. The average Bonchev–Trinajstić information content (AvgIpc) is 2.97. The van der Waals surface area contributed by atoms with Gasteiger partial charge < -0.3 is 15.2 Å². The van der Waals surface area contributed by atoms with Crippen molar-refractivity contribution >= 4 is 28.8 Å². The molecule has 6 heteroatoms. The van der Waals surface area contributed by atoms with E-state index in [2.05, 4.69) is 57.4 Å². The van der Waals surface area contributed by atoms with Gasteiger partial charge in [0.2, 0.25) is 0 Å². The molecule has 0 saturated heterocycles. The summed E-state index contributed by atoms with van der Waals surface area (Å²) >= 11 is 1.85. The summed E-state index contributed by atoms with van der Waals surface area (Å²) in [6.45, 7) is 7.16. The van der Waals surface area contributed by atoms with Gasteiger partial charge in [-0.25, -0.2) is 4.98 Å². The summed E-state index contributed by atoms with van der Waals surface area (Å²) in [7, 11) is 1.81. The van der Waals surface area contributed by atoms with Crippen molar-refractivity contribution in [2.45, 2.75) is 31.6 Å². The molecule has 1 aromatic carbocycles. The minimum absolute atomic E-state index is 0.202. The molecule has 2 rings (SSSR count). The number of aromatic nitrogens is 2. The lowest BCUT2D eigenvalue weighted by Gasteiger charge is -2.23. The summed E-state index contributed by atoms with van der Waals surface area (Å²) in [6, 6.07) is 8.23. The third kappa shape index (κ3) is 5.16. The van der Waals surface area contributed by atoms with Gasteiger partial charge in [0, 0.05) is 31.4 Å². The molecule has 5 nitrogen and oxygen atoms in total. The van der Waals surface area contributed by atoms with Crippen LogP contribution in [-0.2, 0) is 6.54 Å². The molecule has 0 aliphatic rings. The average molecular weight is 334 g/mol. The quantitative estimate of drug-likeness (QED) is 0.465. The van der Waals surface area contributed by atoms with Gasteiger partial charge in [-0.3, -0.25) is 4.99 Å². The number of hydrogen-bond acceptors (Lipinski definition) is 3. The maximum absolute atomic E-state index is 4.42. The zero-order chi connectivity index (χ0) is 16.7. The molecule has 0 unspecified atom stereocenters. The molecule has 0 amide bonds. The first kappa shape index (κ1) is 17.7. The van der Waals surface area contributed by atoms with Gasteiger partial charge in [-0.2, -0.15) is 11.8 Å². The van der Waals surface area contributed by atoms with Crippen molar-refractivity contribution in [2.75, 3.05) is 26.4 Å². The summed E-state index contributed by atoms with van der Waals surface area (Å²) in [5.41, 5.74) is 2.24. The number of thioether (sulfide) groups is 1. The van der Waals surface area contributed by atoms with Crippen molar-refractivity contribution < 1.29 is 0 Å². The predicted octanol–water partition coefficient (Wildman–Crippen LogP) is 2.73. The second-order valence-electron chi connectivity index (χ2n) is 6.10. The van der Waals surface area contributed by atoms with Gasteiger partial charge in [0.05, 0.1) is 17.4 Å². The molecule has 1 aromatic heterocycles. The Morgan fingerprint density at radius 2 is 2.09 bits per heavy atom. The van der Waals surface area contributed by atoms with Crippen LogP contribution < -0.4 is 10.6 Å². The minimum Gasteiger partial charge on any atom is -0.356 e. The van der Waals surface area contributed by atoms with E-state index in [1.165, 1.54) is 5.52 Å². The van der Waals surface area contributed by atoms with Crippen LogP contribution in [0, 0.1) is 0 Å². The van der Waals surface area contributed by atoms with E-state index in [0.29, 0.717) is 0 Å². The van der Waals surface area contributed by atoms with E-state index in [0.717, 1.165) is 37.5 Å². The van der Waals surface area contributed by atoms with Crippen LogP contribution in [0.4, 0.5) is 0 Å². The van der Waals surface area contributed by atoms with Gasteiger partial charge in [0.25, 0.3) is 0 Å². The minimum atomic E-state index is 0.202. The summed E-state index contributed by atoms with van der Waals surface area (Å²) in [5, 5.41) is 6.76. The molecule has 0 atom stereocenters. The molecule has 126 valence electrons. The van der Waals surface area contributed by atoms with Crippen LogP contribution in [0.15, 0.2) is 35.6 Å². The zero-order valence-corrected chi connectivity index (χ0v) is 15.3. The number of aryl methyl sites for hydroxylation is 1. The third-order valence-electron chi connectivity index (χ3n) is 3.85. The number of rotatable bonds is 7. The molecule has 0 aliphatic heterocycles. The molecule has 0 spiro atoms. The maximum Gasteiger partial charge on any atom is 0.191 e. The number of aliphatic imine (C=N–C) groups is 1. The maximum atomic E-state index is 4.42. The van der Waals surface area contributed by atoms with E-state index >= 15 is 0 Å². The van der Waals surface area contributed by atoms with Gasteiger partial charge in [-0.1, -0.05) is 12.1 Å². The van der Waals surface area contributed by atoms with E-state index in [1.54, 1.807) is 0 Å². The van der Waals surface area contributed by atoms with E-state index in [-0.39, 0.29) is 4.75 Å². The van der Waals surface area contributed by atoms with Gasteiger partial charge in [0.1, 0.15) is 0 Å². The largest absolute Gasteiger partial charge is 0.356 e. The van der Waals surface area contributed by atoms with E-state index in [9.17, 15) is 0 Å². The number of benzene rings is 1. The van der Waals surface area contributed by atoms with Crippen LogP contribution >= 0.6 is 11.8 Å². The summed E-state index contributed by atoms with van der Waals surface area (Å²) in [6.07, 6.45) is 5.07. The molecular weight excluding hydrogens is 306 g/mol. The number of nitrogens with zero attached hydrogens (tertiary/aromatic N) is 3. The second kappa shape index (κ2) is 8.24. The number of para-hydroxylation sites is 2. The lowest BCUT2D eigenvalue weighted by molar-refractivity contribution is 0.626. The number of guanidine groups is 1. The van der Waals surface area contributed by atoms with Crippen LogP contribution in [-0.4, -0.2) is 46.7 Å². The number of hydrogen-bond donors (Lipinski definition) is 2.